The summed E-state index contributed by atoms with van der Waals surface area (Å²) in [5.74, 6) is -2.94. The monoisotopic (exact) mass is 428 g/mol. The van der Waals surface area contributed by atoms with Crippen LogP contribution in [-0.2, 0) is 19.1 Å². The molecule has 0 aromatic rings. The number of carboxylic acids is 1. The largest absolute Gasteiger partial charge is 0.481 e. The van der Waals surface area contributed by atoms with Crippen molar-refractivity contribution < 1.29 is 24.2 Å². The number of Topliss-reactive ketones (excluding diaryl/α,β-unsaturated/α-hetero) is 1. The maximum Gasteiger partial charge on any atom is 0.315 e. The second-order valence-corrected chi connectivity index (χ2v) is 9.30. The zero-order valence-electron chi connectivity index (χ0n) is 19.5. The van der Waals surface area contributed by atoms with Crippen LogP contribution in [0.1, 0.15) is 105 Å². The van der Waals surface area contributed by atoms with Crippen LogP contribution >= 0.6 is 0 Å². The Labute approximate surface area is 182 Å². The van der Waals surface area contributed by atoms with Gasteiger partial charge in [0.15, 0.2) is 0 Å². The summed E-state index contributed by atoms with van der Waals surface area (Å²) in [7, 11) is 0. The highest BCUT2D eigenvalue weighted by atomic mass is 16.6. The van der Waals surface area contributed by atoms with Crippen molar-refractivity contribution in [2.75, 3.05) is 0 Å². The fraction of sp³-hybridized carbons (Fsp3) is 0.870. The molecule has 0 rings (SSSR count). The van der Waals surface area contributed by atoms with Gasteiger partial charge >= 0.3 is 11.9 Å². The first-order valence-corrected chi connectivity index (χ1v) is 11.5. The minimum atomic E-state index is -1.19. The summed E-state index contributed by atoms with van der Waals surface area (Å²) < 4.78 is 5.26. The lowest BCUT2D eigenvalue weighted by Crippen LogP contribution is -2.42. The van der Waals surface area contributed by atoms with Crippen molar-refractivity contribution in [3.63, 3.8) is 0 Å². The Balaban J connectivity index is 4.21. The summed E-state index contributed by atoms with van der Waals surface area (Å²) >= 11 is 0. The molecule has 7 heteroatoms. The number of ketones is 1. The smallest absolute Gasteiger partial charge is 0.315 e. The Morgan fingerprint density at radius 2 is 1.47 bits per heavy atom. The first-order chi connectivity index (χ1) is 14.0. The van der Waals surface area contributed by atoms with Crippen LogP contribution < -0.4 is 11.5 Å². The van der Waals surface area contributed by atoms with E-state index in [1.165, 1.54) is 0 Å². The number of hydrogen-bond donors (Lipinski definition) is 3. The summed E-state index contributed by atoms with van der Waals surface area (Å²) in [6.07, 6.45) is 9.05. The quantitative estimate of drug-likeness (QED) is 0.181. The molecule has 5 N–H and O–H groups in total. The third-order valence-corrected chi connectivity index (χ3v) is 5.02. The average Bonchev–Trinajstić information content (AvgIpc) is 2.59. The van der Waals surface area contributed by atoms with Gasteiger partial charge in [-0.05, 0) is 40.0 Å². The minimum Gasteiger partial charge on any atom is -0.481 e. The van der Waals surface area contributed by atoms with Gasteiger partial charge in [-0.3, -0.25) is 14.4 Å². The van der Waals surface area contributed by atoms with Crippen molar-refractivity contribution in [1.29, 1.82) is 0 Å². The van der Waals surface area contributed by atoms with Crippen LogP contribution in [0.5, 0.6) is 0 Å². The van der Waals surface area contributed by atoms with E-state index in [-0.39, 0.29) is 18.2 Å². The lowest BCUT2D eigenvalue weighted by atomic mass is 9.88. The van der Waals surface area contributed by atoms with Gasteiger partial charge in [0.05, 0.1) is 0 Å². The molecule has 0 heterocycles. The van der Waals surface area contributed by atoms with Gasteiger partial charge < -0.3 is 21.3 Å². The van der Waals surface area contributed by atoms with E-state index in [0.29, 0.717) is 25.7 Å². The summed E-state index contributed by atoms with van der Waals surface area (Å²) in [5, 5.41) is 9.46. The summed E-state index contributed by atoms with van der Waals surface area (Å²) in [6, 6.07) is -1.06. The van der Waals surface area contributed by atoms with E-state index < -0.39 is 29.6 Å². The average molecular weight is 429 g/mol. The molecule has 0 bridgehead atoms. The molecule has 30 heavy (non-hydrogen) atoms. The highest BCUT2D eigenvalue weighted by Gasteiger charge is 2.32. The normalized spacial score (nSPS) is 14.7. The number of carboxylic acid groups (broad SMARTS) is 1. The number of ether oxygens (including phenoxy) is 1. The van der Waals surface area contributed by atoms with Crippen LogP contribution in [0.25, 0.3) is 0 Å². The topological polar surface area (TPSA) is 133 Å². The number of rotatable bonds is 17. The maximum atomic E-state index is 12.5. The standard InChI is InChI=1S/C23H44N2O5/c1-5-6-7-8-11-14-18(25)21(22(28)29)19(26)16-17(24)13-10-9-12-15-20(27)30-23(2,3)4/h17-18,21H,5-16,24-25H2,1-4H3,(H,28,29)/t17-,18-,21?/m0/s1. The van der Waals surface area contributed by atoms with E-state index in [9.17, 15) is 19.5 Å². The second-order valence-electron chi connectivity index (χ2n) is 9.30. The van der Waals surface area contributed by atoms with Gasteiger partial charge in [0.2, 0.25) is 0 Å². The van der Waals surface area contributed by atoms with Gasteiger partial charge in [0, 0.05) is 24.9 Å². The highest BCUT2D eigenvalue weighted by Crippen LogP contribution is 2.17. The Hall–Kier alpha value is -1.47. The summed E-state index contributed by atoms with van der Waals surface area (Å²) in [5.41, 5.74) is 11.6. The molecule has 0 radical (unpaired) electrons. The fourth-order valence-corrected chi connectivity index (χ4v) is 3.44. The molecule has 0 saturated heterocycles. The number of unbranched alkanes of at least 4 members (excludes halogenated alkanes) is 6. The van der Waals surface area contributed by atoms with Gasteiger partial charge in [-0.15, -0.1) is 0 Å². The van der Waals surface area contributed by atoms with Crippen molar-refractivity contribution in [1.82, 2.24) is 0 Å². The number of hydrogen-bond acceptors (Lipinski definition) is 6. The number of esters is 1. The molecular formula is C23H44N2O5. The number of carbonyl (C=O) groups excluding carboxylic acids is 2. The third-order valence-electron chi connectivity index (χ3n) is 5.02. The molecule has 3 atom stereocenters. The Morgan fingerprint density at radius 1 is 0.900 bits per heavy atom. The molecule has 7 nitrogen and oxygen atoms in total. The van der Waals surface area contributed by atoms with E-state index in [2.05, 4.69) is 6.92 Å². The van der Waals surface area contributed by atoms with Crippen LogP contribution in [0.15, 0.2) is 0 Å². The zero-order valence-corrected chi connectivity index (χ0v) is 19.5. The Morgan fingerprint density at radius 3 is 2.03 bits per heavy atom. The second kappa shape index (κ2) is 15.3. The molecular weight excluding hydrogens is 384 g/mol. The predicted molar refractivity (Wildman–Crippen MR) is 119 cm³/mol. The van der Waals surface area contributed by atoms with Gasteiger partial charge in [0.1, 0.15) is 17.3 Å². The van der Waals surface area contributed by atoms with E-state index in [1.54, 1.807) is 0 Å². The lowest BCUT2D eigenvalue weighted by molar-refractivity contribution is -0.155. The fourth-order valence-electron chi connectivity index (χ4n) is 3.44. The Kier molecular flexibility index (Phi) is 14.6. The van der Waals surface area contributed by atoms with Gasteiger partial charge in [-0.2, -0.15) is 0 Å². The van der Waals surface area contributed by atoms with Gasteiger partial charge in [-0.1, -0.05) is 51.9 Å². The van der Waals surface area contributed by atoms with E-state index in [0.717, 1.165) is 44.9 Å². The van der Waals surface area contributed by atoms with Gasteiger partial charge in [0.25, 0.3) is 0 Å². The predicted octanol–water partition coefficient (Wildman–Crippen LogP) is 3.95. The van der Waals surface area contributed by atoms with Crippen molar-refractivity contribution in [3.05, 3.63) is 0 Å². The maximum absolute atomic E-state index is 12.5. The van der Waals surface area contributed by atoms with E-state index >= 15 is 0 Å². The van der Waals surface area contributed by atoms with Crippen molar-refractivity contribution >= 4 is 17.7 Å². The van der Waals surface area contributed by atoms with Crippen LogP contribution in [-0.4, -0.2) is 40.5 Å². The zero-order chi connectivity index (χ0) is 23.2. The van der Waals surface area contributed by atoms with Crippen LogP contribution in [0.4, 0.5) is 0 Å². The van der Waals surface area contributed by atoms with Crippen molar-refractivity contribution in [2.24, 2.45) is 17.4 Å². The van der Waals surface area contributed by atoms with E-state index in [1.807, 2.05) is 20.8 Å². The van der Waals surface area contributed by atoms with Gasteiger partial charge in [-0.25, -0.2) is 0 Å². The minimum absolute atomic E-state index is 0.0204. The molecule has 0 fully saturated rings. The van der Waals surface area contributed by atoms with E-state index in [4.69, 9.17) is 16.2 Å². The highest BCUT2D eigenvalue weighted by molar-refractivity contribution is 5.99. The van der Waals surface area contributed by atoms with Crippen LogP contribution in [0.3, 0.4) is 0 Å². The van der Waals surface area contributed by atoms with Crippen LogP contribution in [0.2, 0.25) is 0 Å². The number of nitrogens with two attached hydrogens (primary N) is 2. The molecule has 0 aliphatic heterocycles. The molecule has 0 amide bonds. The lowest BCUT2D eigenvalue weighted by Gasteiger charge is -2.21. The molecule has 1 unspecified atom stereocenters. The number of carbonyl (C=O) groups is 3. The molecule has 0 aliphatic carbocycles. The third kappa shape index (κ3) is 14.5. The molecule has 0 aliphatic rings. The molecule has 0 spiro atoms. The summed E-state index contributed by atoms with van der Waals surface area (Å²) in [6.45, 7) is 7.65. The van der Waals surface area contributed by atoms with Crippen molar-refractivity contribution in [3.8, 4) is 0 Å². The SMILES string of the molecule is CCCCCCC[C@H](N)C(C(=O)O)C(=O)C[C@@H](N)CCCCCC(=O)OC(C)(C)C. The van der Waals surface area contributed by atoms with Crippen molar-refractivity contribution in [2.45, 2.75) is 122 Å². The Bertz CT molecular complexity index is 516. The molecule has 0 aromatic carbocycles. The first kappa shape index (κ1) is 28.5. The number of aliphatic carboxylic acids is 1. The molecule has 0 aromatic heterocycles. The van der Waals surface area contributed by atoms with Crippen LogP contribution in [0, 0.1) is 5.92 Å². The molecule has 0 saturated carbocycles. The molecule has 176 valence electrons. The summed E-state index contributed by atoms with van der Waals surface area (Å²) in [4.78, 5) is 35.7. The first-order valence-electron chi connectivity index (χ1n) is 11.5.